The zero-order valence-corrected chi connectivity index (χ0v) is 24.1. The highest BCUT2D eigenvalue weighted by molar-refractivity contribution is 7.92. The fourth-order valence-electron chi connectivity index (χ4n) is 5.04. The van der Waals surface area contributed by atoms with Gasteiger partial charge in [0.15, 0.2) is 0 Å². The van der Waals surface area contributed by atoms with Gasteiger partial charge in [0.25, 0.3) is 21.8 Å². The molecule has 4 amide bonds. The van der Waals surface area contributed by atoms with Crippen molar-refractivity contribution >= 4 is 55.9 Å². The lowest BCUT2D eigenvalue weighted by molar-refractivity contribution is -0.129. The van der Waals surface area contributed by atoms with E-state index in [1.54, 1.807) is 17.0 Å². The number of alkyl carbamates (subject to hydrolysis) is 1. The van der Waals surface area contributed by atoms with Crippen molar-refractivity contribution in [2.45, 2.75) is 37.6 Å². The van der Waals surface area contributed by atoms with Gasteiger partial charge in [0.05, 0.1) is 29.8 Å². The number of benzene rings is 2. The molecule has 0 fully saturated rings. The standard InChI is InChI=1S/C28H28N4O7S2/c1-17(33)31-15-13-21-23(16-31)40-27(24(21)26(35)30-28(36)39-2)29-25(34)19-9-11-20(12-10-19)41(37,38)32-14-5-7-18-6-3-4-8-22(18)32/h3-4,6,8-12H,5,7,13-16H2,1-2H3,(H,29,34)(H,30,35,36). The van der Waals surface area contributed by atoms with Crippen molar-refractivity contribution < 1.29 is 32.3 Å². The fraction of sp³-hybridized carbons (Fsp3) is 0.286. The van der Waals surface area contributed by atoms with Crippen LogP contribution in [0, 0.1) is 0 Å². The van der Waals surface area contributed by atoms with Crippen molar-refractivity contribution in [2.24, 2.45) is 0 Å². The molecular formula is C28H28N4O7S2. The summed E-state index contributed by atoms with van der Waals surface area (Å²) < 4.78 is 32.9. The lowest BCUT2D eigenvalue weighted by Gasteiger charge is -2.30. The van der Waals surface area contributed by atoms with Crippen LogP contribution in [0.5, 0.6) is 0 Å². The SMILES string of the molecule is COC(=O)NC(=O)c1c(NC(=O)c2ccc(S(=O)(=O)N3CCCc4ccccc43)cc2)sc2c1CCN(C(C)=O)C2. The van der Waals surface area contributed by atoms with E-state index in [9.17, 15) is 27.6 Å². The molecule has 214 valence electrons. The highest BCUT2D eigenvalue weighted by Crippen LogP contribution is 2.38. The largest absolute Gasteiger partial charge is 0.453 e. The number of para-hydroxylation sites is 1. The van der Waals surface area contributed by atoms with Gasteiger partial charge in [-0.3, -0.25) is 24.0 Å². The third kappa shape index (κ3) is 5.55. The third-order valence-electron chi connectivity index (χ3n) is 7.13. The summed E-state index contributed by atoms with van der Waals surface area (Å²) in [5, 5.41) is 5.09. The topological polar surface area (TPSA) is 142 Å². The number of fused-ring (bicyclic) bond motifs is 2. The smallest absolute Gasteiger partial charge is 0.413 e. The summed E-state index contributed by atoms with van der Waals surface area (Å²) in [5.41, 5.74) is 2.58. The maximum Gasteiger partial charge on any atom is 0.413 e. The minimum absolute atomic E-state index is 0.0554. The minimum atomic E-state index is -3.85. The number of hydrogen-bond donors (Lipinski definition) is 2. The van der Waals surface area contributed by atoms with E-state index in [1.165, 1.54) is 35.5 Å². The molecule has 0 saturated heterocycles. The van der Waals surface area contributed by atoms with Gasteiger partial charge in [-0.15, -0.1) is 11.3 Å². The Hall–Kier alpha value is -4.23. The summed E-state index contributed by atoms with van der Waals surface area (Å²) in [5.74, 6) is -1.41. The van der Waals surface area contributed by atoms with Crippen LogP contribution in [-0.4, -0.2) is 57.3 Å². The van der Waals surface area contributed by atoms with E-state index in [-0.39, 0.29) is 33.5 Å². The molecule has 0 bridgehead atoms. The number of imide groups is 1. The second-order valence-electron chi connectivity index (χ2n) is 9.63. The first-order valence-corrected chi connectivity index (χ1v) is 15.2. The van der Waals surface area contributed by atoms with Crippen molar-refractivity contribution in [3.05, 3.63) is 75.7 Å². The molecule has 0 spiro atoms. The minimum Gasteiger partial charge on any atom is -0.453 e. The van der Waals surface area contributed by atoms with E-state index in [0.717, 1.165) is 35.3 Å². The van der Waals surface area contributed by atoms with E-state index in [4.69, 9.17) is 0 Å². The van der Waals surface area contributed by atoms with Gasteiger partial charge in [0.1, 0.15) is 5.00 Å². The quantitative estimate of drug-likeness (QED) is 0.459. The second-order valence-corrected chi connectivity index (χ2v) is 12.6. The number of nitrogens with one attached hydrogen (secondary N) is 2. The predicted molar refractivity (Wildman–Crippen MR) is 153 cm³/mol. The molecule has 0 saturated carbocycles. The number of sulfonamides is 1. The Morgan fingerprint density at radius 2 is 1.68 bits per heavy atom. The van der Waals surface area contributed by atoms with Gasteiger partial charge >= 0.3 is 6.09 Å². The van der Waals surface area contributed by atoms with Crippen LogP contribution in [0.15, 0.2) is 53.4 Å². The van der Waals surface area contributed by atoms with Crippen molar-refractivity contribution in [1.29, 1.82) is 0 Å². The first-order chi connectivity index (χ1) is 19.6. The van der Waals surface area contributed by atoms with E-state index >= 15 is 0 Å². The molecule has 0 atom stereocenters. The molecule has 5 rings (SSSR count). The number of aryl methyl sites for hydroxylation is 1. The van der Waals surface area contributed by atoms with Crippen LogP contribution in [0.3, 0.4) is 0 Å². The molecule has 41 heavy (non-hydrogen) atoms. The Morgan fingerprint density at radius 1 is 0.951 bits per heavy atom. The number of ether oxygens (including phenoxy) is 1. The fourth-order valence-corrected chi connectivity index (χ4v) is 7.83. The van der Waals surface area contributed by atoms with Gasteiger partial charge in [-0.1, -0.05) is 18.2 Å². The molecule has 3 aromatic rings. The Morgan fingerprint density at radius 3 is 2.39 bits per heavy atom. The van der Waals surface area contributed by atoms with Crippen LogP contribution in [0.25, 0.3) is 0 Å². The summed E-state index contributed by atoms with van der Waals surface area (Å²) in [6.07, 6.45) is 0.941. The number of methoxy groups -OCH3 is 1. The van der Waals surface area contributed by atoms with Crippen LogP contribution in [0.4, 0.5) is 15.5 Å². The molecule has 13 heteroatoms. The predicted octanol–water partition coefficient (Wildman–Crippen LogP) is 3.54. The van der Waals surface area contributed by atoms with Crippen LogP contribution in [0.1, 0.15) is 50.1 Å². The van der Waals surface area contributed by atoms with Gasteiger partial charge in [0.2, 0.25) is 5.91 Å². The number of thiophene rings is 1. The Balaban J connectivity index is 1.40. The number of hydrogen-bond acceptors (Lipinski definition) is 8. The maximum atomic E-state index is 13.5. The zero-order chi connectivity index (χ0) is 29.3. The maximum absolute atomic E-state index is 13.5. The number of carbonyl (C=O) groups excluding carboxylic acids is 4. The van der Waals surface area contributed by atoms with Crippen LogP contribution >= 0.6 is 11.3 Å². The summed E-state index contributed by atoms with van der Waals surface area (Å²) in [6.45, 7) is 2.49. The summed E-state index contributed by atoms with van der Waals surface area (Å²) in [7, 11) is -2.72. The second kappa shape index (κ2) is 11.3. The molecule has 2 N–H and O–H groups in total. The summed E-state index contributed by atoms with van der Waals surface area (Å²) in [4.78, 5) is 52.3. The van der Waals surface area contributed by atoms with Crippen LogP contribution in [0.2, 0.25) is 0 Å². The molecule has 2 aromatic carbocycles. The van der Waals surface area contributed by atoms with E-state index in [1.807, 2.05) is 12.1 Å². The van der Waals surface area contributed by atoms with E-state index in [2.05, 4.69) is 15.4 Å². The van der Waals surface area contributed by atoms with E-state index < -0.39 is 27.9 Å². The number of amides is 4. The Labute approximate surface area is 241 Å². The molecule has 2 aliphatic rings. The average molecular weight is 597 g/mol. The highest BCUT2D eigenvalue weighted by atomic mass is 32.2. The van der Waals surface area contributed by atoms with Gasteiger partial charge < -0.3 is 15.0 Å². The summed E-state index contributed by atoms with van der Waals surface area (Å²) >= 11 is 1.15. The zero-order valence-electron chi connectivity index (χ0n) is 22.4. The van der Waals surface area contributed by atoms with E-state index in [0.29, 0.717) is 37.2 Å². The van der Waals surface area contributed by atoms with Crippen LogP contribution in [-0.2, 0) is 38.9 Å². The number of nitrogens with zero attached hydrogens (tertiary/aromatic N) is 2. The van der Waals surface area contributed by atoms with Gasteiger partial charge in [-0.25, -0.2) is 13.2 Å². The Kier molecular flexibility index (Phi) is 7.82. The average Bonchev–Trinajstić information content (AvgIpc) is 3.33. The molecule has 3 heterocycles. The Bertz CT molecular complexity index is 1650. The monoisotopic (exact) mass is 596 g/mol. The number of rotatable bonds is 5. The molecule has 0 unspecified atom stereocenters. The van der Waals surface area contributed by atoms with Crippen molar-refractivity contribution in [1.82, 2.24) is 10.2 Å². The molecule has 1 aromatic heterocycles. The molecular weight excluding hydrogens is 568 g/mol. The molecule has 2 aliphatic heterocycles. The van der Waals surface area contributed by atoms with Gasteiger partial charge in [-0.05, 0) is 60.7 Å². The summed E-state index contributed by atoms with van der Waals surface area (Å²) in [6, 6.07) is 13.0. The van der Waals surface area contributed by atoms with Crippen molar-refractivity contribution in [3.63, 3.8) is 0 Å². The van der Waals surface area contributed by atoms with Crippen molar-refractivity contribution in [2.75, 3.05) is 29.8 Å². The number of anilines is 2. The lowest BCUT2D eigenvalue weighted by atomic mass is 10.0. The first kappa shape index (κ1) is 28.3. The molecule has 0 radical (unpaired) electrons. The molecule has 0 aliphatic carbocycles. The first-order valence-electron chi connectivity index (χ1n) is 12.9. The van der Waals surface area contributed by atoms with Crippen molar-refractivity contribution in [3.8, 4) is 0 Å². The lowest BCUT2D eigenvalue weighted by Crippen LogP contribution is -2.35. The highest BCUT2D eigenvalue weighted by Gasteiger charge is 2.31. The van der Waals surface area contributed by atoms with Gasteiger partial charge in [0, 0.05) is 30.5 Å². The molecule has 11 nitrogen and oxygen atoms in total. The third-order valence-corrected chi connectivity index (χ3v) is 10.1. The number of carbonyl (C=O) groups is 4. The van der Waals surface area contributed by atoms with Crippen LogP contribution < -0.4 is 14.9 Å². The van der Waals surface area contributed by atoms with Gasteiger partial charge in [-0.2, -0.15) is 0 Å². The normalized spacial score (nSPS) is 14.5.